The second kappa shape index (κ2) is 6.50. The molecule has 6 heteroatoms. The number of halogens is 1. The molecule has 1 atom stereocenters. The molecule has 0 saturated carbocycles. The third-order valence-electron chi connectivity index (χ3n) is 3.18. The summed E-state index contributed by atoms with van der Waals surface area (Å²) < 4.78 is 5.17. The molecule has 0 radical (unpaired) electrons. The van der Waals surface area contributed by atoms with Gasteiger partial charge in [-0.25, -0.2) is 0 Å². The number of carbonyl (C=O) groups is 2. The molecule has 0 aromatic heterocycles. The van der Waals surface area contributed by atoms with E-state index >= 15 is 0 Å². The molecule has 1 aliphatic heterocycles. The topological polar surface area (TPSA) is 46.6 Å². The molecule has 0 aliphatic carbocycles. The van der Waals surface area contributed by atoms with Gasteiger partial charge in [-0.3, -0.25) is 9.59 Å². The number of benzene rings is 1. The Bertz CT molecular complexity index is 535. The normalized spacial score (nSPS) is 18.4. The lowest BCUT2D eigenvalue weighted by atomic mass is 10.1. The summed E-state index contributed by atoms with van der Waals surface area (Å²) in [4.78, 5) is 24.8. The highest BCUT2D eigenvalue weighted by Crippen LogP contribution is 2.37. The van der Waals surface area contributed by atoms with Crippen molar-refractivity contribution in [3.8, 4) is 5.75 Å². The van der Waals surface area contributed by atoms with E-state index in [2.05, 4.69) is 0 Å². The van der Waals surface area contributed by atoms with Crippen molar-refractivity contribution in [3.05, 3.63) is 23.2 Å². The molecule has 1 aromatic carbocycles. The Morgan fingerprint density at radius 1 is 1.55 bits per heavy atom. The first-order valence-electron chi connectivity index (χ1n) is 6.29. The highest BCUT2D eigenvalue weighted by Gasteiger charge is 2.32. The molecule has 1 amide bonds. The van der Waals surface area contributed by atoms with E-state index in [9.17, 15) is 9.59 Å². The molecule has 4 nitrogen and oxygen atoms in total. The van der Waals surface area contributed by atoms with Gasteiger partial charge < -0.3 is 9.64 Å². The van der Waals surface area contributed by atoms with Crippen molar-refractivity contribution < 1.29 is 14.3 Å². The van der Waals surface area contributed by atoms with Crippen LogP contribution in [0, 0.1) is 5.92 Å². The molecule has 1 unspecified atom stereocenters. The average Bonchev–Trinajstić information content (AvgIpc) is 2.78. The van der Waals surface area contributed by atoms with Crippen molar-refractivity contribution in [1.29, 1.82) is 0 Å². The molecule has 0 bridgehead atoms. The lowest BCUT2D eigenvalue weighted by molar-refractivity contribution is -0.117. The van der Waals surface area contributed by atoms with Crippen molar-refractivity contribution in [2.75, 3.05) is 24.3 Å². The van der Waals surface area contributed by atoms with Gasteiger partial charge in [0.25, 0.3) is 0 Å². The van der Waals surface area contributed by atoms with Gasteiger partial charge in [0, 0.05) is 25.6 Å². The van der Waals surface area contributed by atoms with Crippen molar-refractivity contribution in [3.63, 3.8) is 0 Å². The smallest absolute Gasteiger partial charge is 0.227 e. The summed E-state index contributed by atoms with van der Waals surface area (Å²) in [5.41, 5.74) is 0.673. The lowest BCUT2D eigenvalue weighted by Gasteiger charge is -2.19. The van der Waals surface area contributed by atoms with Crippen molar-refractivity contribution in [1.82, 2.24) is 0 Å². The first kappa shape index (κ1) is 15.2. The third kappa shape index (κ3) is 3.27. The maximum absolute atomic E-state index is 12.1. The second-order valence-corrected chi connectivity index (χ2v) is 6.25. The first-order chi connectivity index (χ1) is 9.52. The van der Waals surface area contributed by atoms with Crippen LogP contribution in [0.1, 0.15) is 13.3 Å². The van der Waals surface area contributed by atoms with Gasteiger partial charge in [0.05, 0.1) is 12.8 Å². The minimum atomic E-state index is 0.0364. The van der Waals surface area contributed by atoms with E-state index in [1.54, 1.807) is 18.1 Å². The number of methoxy groups -OCH3 is 1. The van der Waals surface area contributed by atoms with Crippen molar-refractivity contribution in [2.24, 2.45) is 5.92 Å². The predicted octanol–water partition coefficient (Wildman–Crippen LogP) is 2.98. The highest BCUT2D eigenvalue weighted by atomic mass is 35.5. The van der Waals surface area contributed by atoms with Gasteiger partial charge in [-0.2, -0.15) is 0 Å². The number of nitrogens with zero attached hydrogens (tertiary/aromatic N) is 1. The standard InChI is InChI=1S/C14H16ClNO3S/c1-9(17)20-8-10-6-13(18)16(7-10)11-4-3-5-12(19-2)14(11)15/h3-5,10H,6-8H2,1-2H3. The number of anilines is 1. The van der Waals surface area contributed by atoms with Crippen LogP contribution in [0.5, 0.6) is 5.75 Å². The van der Waals surface area contributed by atoms with Crippen LogP contribution in [0.4, 0.5) is 5.69 Å². The minimum Gasteiger partial charge on any atom is -0.495 e. The number of ether oxygens (including phenoxy) is 1. The number of hydrogen-bond acceptors (Lipinski definition) is 4. The average molecular weight is 314 g/mol. The molecule has 2 rings (SSSR count). The Labute approximate surface area is 127 Å². The highest BCUT2D eigenvalue weighted by molar-refractivity contribution is 8.13. The largest absolute Gasteiger partial charge is 0.495 e. The maximum atomic E-state index is 12.1. The molecule has 0 spiro atoms. The Balaban J connectivity index is 2.14. The molecule has 20 heavy (non-hydrogen) atoms. The molecule has 1 aromatic rings. The minimum absolute atomic E-state index is 0.0364. The van der Waals surface area contributed by atoms with Gasteiger partial charge in [-0.15, -0.1) is 0 Å². The number of rotatable bonds is 4. The lowest BCUT2D eigenvalue weighted by Crippen LogP contribution is -2.25. The van der Waals surface area contributed by atoms with Crippen LogP contribution in [0.3, 0.4) is 0 Å². The zero-order valence-corrected chi connectivity index (χ0v) is 13.0. The van der Waals surface area contributed by atoms with Crippen LogP contribution in [0.15, 0.2) is 18.2 Å². The predicted molar refractivity (Wildman–Crippen MR) is 81.6 cm³/mol. The van der Waals surface area contributed by atoms with Gasteiger partial charge >= 0.3 is 0 Å². The van der Waals surface area contributed by atoms with E-state index in [0.29, 0.717) is 35.2 Å². The summed E-state index contributed by atoms with van der Waals surface area (Å²) in [5.74, 6) is 1.44. The second-order valence-electron chi connectivity index (χ2n) is 4.67. The first-order valence-corrected chi connectivity index (χ1v) is 7.65. The van der Waals surface area contributed by atoms with Crippen LogP contribution < -0.4 is 9.64 Å². The van der Waals surface area contributed by atoms with E-state index in [1.807, 2.05) is 12.1 Å². The van der Waals surface area contributed by atoms with Crippen LogP contribution in [-0.2, 0) is 9.59 Å². The molecule has 1 saturated heterocycles. The molecule has 1 aliphatic rings. The zero-order valence-electron chi connectivity index (χ0n) is 11.4. The summed E-state index contributed by atoms with van der Waals surface area (Å²) in [5, 5.41) is 0.526. The fraction of sp³-hybridized carbons (Fsp3) is 0.429. The van der Waals surface area contributed by atoms with Gasteiger partial charge in [0.1, 0.15) is 10.8 Å². The number of carbonyl (C=O) groups excluding carboxylic acids is 2. The van der Waals surface area contributed by atoms with Crippen LogP contribution in [0.25, 0.3) is 0 Å². The van der Waals surface area contributed by atoms with Crippen LogP contribution in [0.2, 0.25) is 5.02 Å². The van der Waals surface area contributed by atoms with Crippen LogP contribution >= 0.6 is 23.4 Å². The quantitative estimate of drug-likeness (QED) is 0.857. The Morgan fingerprint density at radius 2 is 2.30 bits per heavy atom. The molecule has 108 valence electrons. The number of hydrogen-bond donors (Lipinski definition) is 0. The van der Waals surface area contributed by atoms with E-state index < -0.39 is 0 Å². The zero-order chi connectivity index (χ0) is 14.7. The van der Waals surface area contributed by atoms with Crippen molar-refractivity contribution in [2.45, 2.75) is 13.3 Å². The summed E-state index contributed by atoms with van der Waals surface area (Å²) >= 11 is 7.52. The SMILES string of the molecule is COc1cccc(N2CC(CSC(C)=O)CC2=O)c1Cl. The maximum Gasteiger partial charge on any atom is 0.227 e. The van der Waals surface area contributed by atoms with Crippen LogP contribution in [-0.4, -0.2) is 30.4 Å². The van der Waals surface area contributed by atoms with Crippen molar-refractivity contribution >= 4 is 40.1 Å². The van der Waals surface area contributed by atoms with E-state index in [4.69, 9.17) is 16.3 Å². The van der Waals surface area contributed by atoms with E-state index in [1.165, 1.54) is 18.7 Å². The molecule has 1 fully saturated rings. The Hall–Kier alpha value is -1.20. The van der Waals surface area contributed by atoms with Gasteiger partial charge in [0.15, 0.2) is 5.12 Å². The fourth-order valence-electron chi connectivity index (χ4n) is 2.23. The number of thioether (sulfide) groups is 1. The van der Waals surface area contributed by atoms with Gasteiger partial charge in [-0.05, 0) is 18.1 Å². The monoisotopic (exact) mass is 313 g/mol. The summed E-state index contributed by atoms with van der Waals surface area (Å²) in [7, 11) is 1.54. The molecular weight excluding hydrogens is 298 g/mol. The molecule has 0 N–H and O–H groups in total. The third-order valence-corrected chi connectivity index (χ3v) is 4.61. The summed E-state index contributed by atoms with van der Waals surface area (Å²) in [6.45, 7) is 2.13. The fourth-order valence-corrected chi connectivity index (χ4v) is 3.23. The number of amides is 1. The molecule has 1 heterocycles. The Morgan fingerprint density at radius 3 is 2.95 bits per heavy atom. The summed E-state index contributed by atoms with van der Waals surface area (Å²) in [6, 6.07) is 5.38. The van der Waals surface area contributed by atoms with Gasteiger partial charge in [-0.1, -0.05) is 29.4 Å². The van der Waals surface area contributed by atoms with E-state index in [0.717, 1.165) is 0 Å². The Kier molecular flexibility index (Phi) is 4.94. The van der Waals surface area contributed by atoms with E-state index in [-0.39, 0.29) is 16.9 Å². The summed E-state index contributed by atoms with van der Waals surface area (Å²) in [6.07, 6.45) is 0.452. The van der Waals surface area contributed by atoms with Gasteiger partial charge in [0.2, 0.25) is 5.91 Å². The molecular formula is C14H16ClNO3S.